The van der Waals surface area contributed by atoms with Crippen molar-refractivity contribution in [3.8, 4) is 22.5 Å². The van der Waals surface area contributed by atoms with Crippen molar-refractivity contribution >= 4 is 5.91 Å². The second kappa shape index (κ2) is 9.11. The number of aromatic nitrogens is 4. The molecule has 0 spiro atoms. The molecule has 4 aromatic rings. The summed E-state index contributed by atoms with van der Waals surface area (Å²) in [5.41, 5.74) is 1.58. The van der Waals surface area contributed by atoms with Crippen molar-refractivity contribution in [3.05, 3.63) is 83.9 Å². The molecule has 2 aromatic heterocycles. The third kappa shape index (κ3) is 4.42. The van der Waals surface area contributed by atoms with Crippen LogP contribution in [0, 0.1) is 11.6 Å². The molecule has 0 aliphatic carbocycles. The van der Waals surface area contributed by atoms with Crippen LogP contribution in [0.25, 0.3) is 22.5 Å². The summed E-state index contributed by atoms with van der Waals surface area (Å²) in [7, 11) is 1.82. The molecule has 2 aromatic carbocycles. The lowest BCUT2D eigenvalue weighted by atomic mass is 10.0. The lowest BCUT2D eigenvalue weighted by Gasteiger charge is -2.17. The largest absolute Gasteiger partial charge is 0.394 e. The molecule has 0 saturated carbocycles. The highest BCUT2D eigenvalue weighted by Gasteiger charge is 2.22. The minimum Gasteiger partial charge on any atom is -0.394 e. The summed E-state index contributed by atoms with van der Waals surface area (Å²) >= 11 is 0. The normalized spacial score (nSPS) is 12.0. The maximum absolute atomic E-state index is 14.8. The van der Waals surface area contributed by atoms with E-state index in [1.165, 1.54) is 30.3 Å². The van der Waals surface area contributed by atoms with Crippen LogP contribution in [-0.4, -0.2) is 43.4 Å². The fourth-order valence-electron chi connectivity index (χ4n) is 3.44. The van der Waals surface area contributed by atoms with Crippen LogP contribution in [0.2, 0.25) is 0 Å². The van der Waals surface area contributed by atoms with Gasteiger partial charge in [-0.1, -0.05) is 6.07 Å². The third-order valence-corrected chi connectivity index (χ3v) is 5.15. The van der Waals surface area contributed by atoms with E-state index in [-0.39, 0.29) is 23.6 Å². The van der Waals surface area contributed by atoms with Crippen LogP contribution in [0.5, 0.6) is 0 Å². The fourth-order valence-corrected chi connectivity index (χ4v) is 3.44. The molecule has 0 fully saturated rings. The molecule has 1 atom stereocenters. The van der Waals surface area contributed by atoms with Gasteiger partial charge in [0.25, 0.3) is 5.91 Å². The number of halogens is 2. The van der Waals surface area contributed by atoms with E-state index in [9.17, 15) is 18.7 Å². The van der Waals surface area contributed by atoms with Crippen LogP contribution in [0.15, 0.2) is 60.9 Å². The Bertz CT molecular complexity index is 1230. The number of aromatic amines is 1. The number of nitrogens with zero attached hydrogens (tertiary/aromatic N) is 3. The van der Waals surface area contributed by atoms with Crippen LogP contribution in [0.4, 0.5) is 8.78 Å². The molecule has 3 N–H and O–H groups in total. The summed E-state index contributed by atoms with van der Waals surface area (Å²) in [5, 5.41) is 19.4. The number of nitrogens with one attached hydrogen (secondary N) is 2. The minimum atomic E-state index is -0.601. The Labute approximate surface area is 182 Å². The van der Waals surface area contributed by atoms with Gasteiger partial charge in [-0.05, 0) is 42.5 Å². The Balaban J connectivity index is 1.61. The van der Waals surface area contributed by atoms with Crippen LogP contribution in [-0.2, 0) is 13.5 Å². The zero-order valence-corrected chi connectivity index (χ0v) is 17.2. The molecule has 9 heteroatoms. The summed E-state index contributed by atoms with van der Waals surface area (Å²) in [4.78, 5) is 17.2. The molecular weight excluding hydrogens is 416 g/mol. The van der Waals surface area contributed by atoms with E-state index >= 15 is 0 Å². The van der Waals surface area contributed by atoms with Crippen LogP contribution in [0.3, 0.4) is 0 Å². The number of carbonyl (C=O) groups excluding carboxylic acids is 1. The van der Waals surface area contributed by atoms with E-state index in [0.29, 0.717) is 29.2 Å². The second-order valence-electron chi connectivity index (χ2n) is 7.35. The Morgan fingerprint density at radius 3 is 2.69 bits per heavy atom. The van der Waals surface area contributed by atoms with Gasteiger partial charge >= 0.3 is 0 Å². The number of rotatable bonds is 7. The monoisotopic (exact) mass is 437 g/mol. The van der Waals surface area contributed by atoms with Gasteiger partial charge in [0.1, 0.15) is 17.5 Å². The highest BCUT2D eigenvalue weighted by atomic mass is 19.1. The summed E-state index contributed by atoms with van der Waals surface area (Å²) in [6.07, 6.45) is 3.72. The number of aliphatic hydroxyl groups excluding tert-OH is 1. The summed E-state index contributed by atoms with van der Waals surface area (Å²) < 4.78 is 29.8. The lowest BCUT2D eigenvalue weighted by Crippen LogP contribution is -2.40. The van der Waals surface area contributed by atoms with Gasteiger partial charge in [0, 0.05) is 37.0 Å². The Morgan fingerprint density at radius 1 is 1.22 bits per heavy atom. The molecule has 0 aliphatic heterocycles. The maximum atomic E-state index is 14.8. The van der Waals surface area contributed by atoms with E-state index in [1.807, 2.05) is 7.05 Å². The van der Waals surface area contributed by atoms with Crippen molar-refractivity contribution in [2.75, 3.05) is 6.61 Å². The standard InChI is InChI=1S/C23H21F2N5O2/c1-30-10-9-26-21(30)11-16(13-31)27-23(32)17-3-2-4-18(25)22(17)20-12-19(28-29-20)14-5-7-15(24)8-6-14/h2-10,12,16,31H,11,13H2,1H3,(H,27,32)(H,28,29)/t16-/m1/s1. The van der Waals surface area contributed by atoms with Crippen molar-refractivity contribution in [1.82, 2.24) is 25.1 Å². The number of hydrogen-bond acceptors (Lipinski definition) is 4. The van der Waals surface area contributed by atoms with Gasteiger partial charge < -0.3 is 15.0 Å². The first kappa shape index (κ1) is 21.4. The topological polar surface area (TPSA) is 95.8 Å². The Hall–Kier alpha value is -3.85. The van der Waals surface area contributed by atoms with Crippen LogP contribution in [0.1, 0.15) is 16.2 Å². The van der Waals surface area contributed by atoms with Crippen molar-refractivity contribution in [2.45, 2.75) is 12.5 Å². The van der Waals surface area contributed by atoms with Gasteiger partial charge in [0.2, 0.25) is 0 Å². The number of amides is 1. The summed E-state index contributed by atoms with van der Waals surface area (Å²) in [6.45, 7) is -0.304. The van der Waals surface area contributed by atoms with E-state index in [4.69, 9.17) is 0 Å². The van der Waals surface area contributed by atoms with Crippen LogP contribution >= 0.6 is 0 Å². The van der Waals surface area contributed by atoms with Crippen molar-refractivity contribution in [2.24, 2.45) is 7.05 Å². The molecule has 0 saturated heterocycles. The third-order valence-electron chi connectivity index (χ3n) is 5.15. The van der Waals surface area contributed by atoms with Gasteiger partial charge in [0.05, 0.1) is 29.6 Å². The smallest absolute Gasteiger partial charge is 0.252 e. The number of aliphatic hydroxyl groups is 1. The number of aryl methyl sites for hydroxylation is 1. The average Bonchev–Trinajstić information content (AvgIpc) is 3.43. The lowest BCUT2D eigenvalue weighted by molar-refractivity contribution is 0.0916. The molecule has 1 amide bonds. The van der Waals surface area contributed by atoms with E-state index in [2.05, 4.69) is 20.5 Å². The molecule has 7 nitrogen and oxygen atoms in total. The van der Waals surface area contributed by atoms with Crippen molar-refractivity contribution < 1.29 is 18.7 Å². The SMILES string of the molecule is Cn1ccnc1C[C@H](CO)NC(=O)c1cccc(F)c1-c1cc(-c2ccc(F)cc2)n[nH]1. The first-order valence-corrected chi connectivity index (χ1v) is 9.94. The minimum absolute atomic E-state index is 0.0551. The predicted molar refractivity (Wildman–Crippen MR) is 115 cm³/mol. The zero-order valence-electron chi connectivity index (χ0n) is 17.2. The number of hydrogen-bond donors (Lipinski definition) is 3. The molecule has 2 heterocycles. The van der Waals surface area contributed by atoms with E-state index < -0.39 is 17.8 Å². The molecule has 164 valence electrons. The molecule has 0 unspecified atom stereocenters. The molecule has 0 aliphatic rings. The highest BCUT2D eigenvalue weighted by molar-refractivity contribution is 6.01. The van der Waals surface area contributed by atoms with E-state index in [0.717, 1.165) is 0 Å². The van der Waals surface area contributed by atoms with Crippen molar-refractivity contribution in [3.63, 3.8) is 0 Å². The summed E-state index contributed by atoms with van der Waals surface area (Å²) in [6, 6.07) is 10.9. The number of benzene rings is 2. The maximum Gasteiger partial charge on any atom is 0.252 e. The van der Waals surface area contributed by atoms with Gasteiger partial charge in [-0.25, -0.2) is 13.8 Å². The molecular formula is C23H21F2N5O2. The zero-order chi connectivity index (χ0) is 22.7. The fraction of sp³-hybridized carbons (Fsp3) is 0.174. The second-order valence-corrected chi connectivity index (χ2v) is 7.35. The molecule has 32 heavy (non-hydrogen) atoms. The average molecular weight is 437 g/mol. The van der Waals surface area contributed by atoms with Gasteiger partial charge in [-0.3, -0.25) is 9.89 Å². The van der Waals surface area contributed by atoms with Crippen LogP contribution < -0.4 is 5.32 Å². The van der Waals surface area contributed by atoms with Gasteiger partial charge in [-0.2, -0.15) is 5.10 Å². The van der Waals surface area contributed by atoms with Gasteiger partial charge in [-0.15, -0.1) is 0 Å². The molecule has 0 bridgehead atoms. The first-order chi connectivity index (χ1) is 15.5. The summed E-state index contributed by atoms with van der Waals surface area (Å²) in [5.74, 6) is -0.815. The van der Waals surface area contributed by atoms with E-state index in [1.54, 1.807) is 35.2 Å². The highest BCUT2D eigenvalue weighted by Crippen LogP contribution is 2.29. The number of imidazole rings is 1. The van der Waals surface area contributed by atoms with Gasteiger partial charge in [0.15, 0.2) is 0 Å². The molecule has 0 radical (unpaired) electrons. The Kier molecular flexibility index (Phi) is 6.09. The predicted octanol–water partition coefficient (Wildman–Crippen LogP) is 3.09. The Morgan fingerprint density at radius 2 is 2.00 bits per heavy atom. The number of H-pyrrole nitrogens is 1. The first-order valence-electron chi connectivity index (χ1n) is 9.94. The number of carbonyl (C=O) groups is 1. The molecule has 4 rings (SSSR count). The van der Waals surface area contributed by atoms with Crippen molar-refractivity contribution in [1.29, 1.82) is 0 Å². The quantitative estimate of drug-likeness (QED) is 0.414.